The van der Waals surface area contributed by atoms with Crippen LogP contribution < -0.4 is 5.32 Å². The largest absolute Gasteiger partial charge is 0.444 e. The molecular weight excluding hydrogens is 411 g/mol. The fraction of sp³-hybridized carbons (Fsp3) is 0.533. The molecule has 0 radical (unpaired) electrons. The molecule has 26 heavy (non-hydrogen) atoms. The third kappa shape index (κ3) is 4.83. The number of ether oxygens (including phenoxy) is 1. The second kappa shape index (κ2) is 7.88. The van der Waals surface area contributed by atoms with E-state index in [1.807, 2.05) is 0 Å². The highest BCUT2D eigenvalue weighted by molar-refractivity contribution is 9.10. The number of azide groups is 1. The number of hydrogen-bond acceptors (Lipinski definition) is 5. The molecule has 1 aromatic rings. The number of likely N-dealkylation sites (tertiary alicyclic amines) is 1. The van der Waals surface area contributed by atoms with Crippen molar-refractivity contribution < 1.29 is 18.7 Å². The first-order valence-corrected chi connectivity index (χ1v) is 8.53. The molecule has 3 atom stereocenters. The average molecular weight is 429 g/mol. The maximum absolute atomic E-state index is 14.3. The molecule has 140 valence electrons. The summed E-state index contributed by atoms with van der Waals surface area (Å²) in [7, 11) is 0. The molecule has 0 saturated carbocycles. The lowest BCUT2D eigenvalue weighted by Gasteiger charge is -2.28. The summed E-state index contributed by atoms with van der Waals surface area (Å²) in [6, 6.07) is 2.13. The Labute approximate surface area is 157 Å². The van der Waals surface area contributed by atoms with Crippen molar-refractivity contribution in [3.8, 4) is 0 Å². The molecule has 0 spiro atoms. The van der Waals surface area contributed by atoms with E-state index in [0.717, 1.165) is 4.90 Å². The molecule has 1 aromatic heterocycles. The van der Waals surface area contributed by atoms with Crippen molar-refractivity contribution in [3.63, 3.8) is 0 Å². The Morgan fingerprint density at radius 2 is 2.19 bits per heavy atom. The summed E-state index contributed by atoms with van der Waals surface area (Å²) in [5, 5.41) is 5.86. The zero-order chi connectivity index (χ0) is 19.5. The molecule has 9 nitrogen and oxygen atoms in total. The minimum atomic E-state index is -1.69. The van der Waals surface area contributed by atoms with E-state index in [-0.39, 0.29) is 5.82 Å². The van der Waals surface area contributed by atoms with Gasteiger partial charge in [0.15, 0.2) is 0 Å². The van der Waals surface area contributed by atoms with E-state index in [4.69, 9.17) is 10.3 Å². The van der Waals surface area contributed by atoms with E-state index in [2.05, 4.69) is 36.3 Å². The maximum Gasteiger partial charge on any atom is 0.411 e. The number of aromatic nitrogens is 1. The Morgan fingerprint density at radius 3 is 2.77 bits per heavy atom. The van der Waals surface area contributed by atoms with Crippen LogP contribution in [-0.2, 0) is 9.53 Å². The first-order chi connectivity index (χ1) is 12.1. The lowest BCUT2D eigenvalue weighted by molar-refractivity contribution is -0.120. The second-order valence-corrected chi connectivity index (χ2v) is 7.44. The molecule has 11 heteroatoms. The van der Waals surface area contributed by atoms with Gasteiger partial charge in [0.05, 0.1) is 12.6 Å². The Kier molecular flexibility index (Phi) is 6.04. The monoisotopic (exact) mass is 428 g/mol. The highest BCUT2D eigenvalue weighted by Gasteiger charge is 2.49. The molecular formula is C15H18BrFN6O3. The van der Waals surface area contributed by atoms with Crippen molar-refractivity contribution in [2.75, 3.05) is 11.9 Å². The van der Waals surface area contributed by atoms with Crippen LogP contribution in [0.4, 0.5) is 15.0 Å². The van der Waals surface area contributed by atoms with Gasteiger partial charge in [0.25, 0.3) is 0 Å². The minimum absolute atomic E-state index is 0.204. The van der Waals surface area contributed by atoms with E-state index < -0.39 is 42.4 Å². The highest BCUT2D eigenvalue weighted by Crippen LogP contribution is 2.27. The van der Waals surface area contributed by atoms with Crippen molar-refractivity contribution in [2.45, 2.75) is 44.6 Å². The van der Waals surface area contributed by atoms with Crippen molar-refractivity contribution >= 4 is 33.7 Å². The quantitative estimate of drug-likeness (QED) is 0.343. The first-order valence-electron chi connectivity index (χ1n) is 7.73. The zero-order valence-electron chi connectivity index (χ0n) is 14.4. The third-order valence-corrected chi connectivity index (χ3v) is 3.89. The van der Waals surface area contributed by atoms with E-state index in [1.54, 1.807) is 32.9 Å². The lowest BCUT2D eigenvalue weighted by Crippen LogP contribution is -2.48. The average Bonchev–Trinajstić information content (AvgIpc) is 2.83. The number of halogens is 2. The maximum atomic E-state index is 14.3. The van der Waals surface area contributed by atoms with Gasteiger partial charge in [0.1, 0.15) is 28.2 Å². The number of anilines is 1. The van der Waals surface area contributed by atoms with Crippen molar-refractivity contribution in [1.82, 2.24) is 9.88 Å². The van der Waals surface area contributed by atoms with E-state index >= 15 is 0 Å². The van der Waals surface area contributed by atoms with E-state index in [0.29, 0.717) is 4.60 Å². The molecule has 2 amide bonds. The Morgan fingerprint density at radius 1 is 1.50 bits per heavy atom. The fourth-order valence-electron chi connectivity index (χ4n) is 2.47. The molecule has 1 N–H and O–H groups in total. The Bertz CT molecular complexity index is 749. The number of alkyl halides is 1. The van der Waals surface area contributed by atoms with Crippen molar-refractivity contribution in [2.24, 2.45) is 5.11 Å². The smallest absolute Gasteiger partial charge is 0.411 e. The van der Waals surface area contributed by atoms with Crippen molar-refractivity contribution in [1.29, 1.82) is 0 Å². The summed E-state index contributed by atoms with van der Waals surface area (Å²) in [5.74, 6) is -0.519. The molecule has 0 bridgehead atoms. The first kappa shape index (κ1) is 19.9. The summed E-state index contributed by atoms with van der Waals surface area (Å²) >= 11 is 3.18. The van der Waals surface area contributed by atoms with Crippen LogP contribution in [0.3, 0.4) is 0 Å². The molecule has 1 aliphatic heterocycles. The number of nitrogens with zero attached hydrogens (tertiary/aromatic N) is 5. The zero-order valence-corrected chi connectivity index (χ0v) is 16.0. The van der Waals surface area contributed by atoms with Crippen LogP contribution in [0, 0.1) is 0 Å². The van der Waals surface area contributed by atoms with Gasteiger partial charge in [-0.3, -0.25) is 9.69 Å². The number of hydrogen-bond donors (Lipinski definition) is 1. The standard InChI is InChI=1S/C15H18BrFN6O3/c1-15(2,3)26-14(25)23-7-8(17)11(21-22-18)12(23)13(24)20-10-6-4-5-9(16)19-10/h4-6,8,11-12H,7H2,1-3H3,(H,19,20,24). The van der Waals surface area contributed by atoms with Crippen LogP contribution in [0.15, 0.2) is 27.9 Å². The summed E-state index contributed by atoms with van der Waals surface area (Å²) in [6.45, 7) is 4.54. The SMILES string of the molecule is CC(C)(C)OC(=O)N1CC(F)C(N=[N+]=[N-])C1C(=O)Nc1cccc(Br)n1. The molecule has 1 fully saturated rings. The van der Waals surface area contributed by atoms with Gasteiger partial charge >= 0.3 is 6.09 Å². The second-order valence-electron chi connectivity index (χ2n) is 6.62. The normalized spacial score (nSPS) is 22.5. The number of nitrogens with one attached hydrogen (secondary N) is 1. The van der Waals surface area contributed by atoms with E-state index in [1.165, 1.54) is 6.07 Å². The minimum Gasteiger partial charge on any atom is -0.444 e. The summed E-state index contributed by atoms with van der Waals surface area (Å²) in [5.41, 5.74) is 7.86. The topological polar surface area (TPSA) is 120 Å². The van der Waals surface area contributed by atoms with Crippen LogP contribution in [0.25, 0.3) is 10.4 Å². The number of pyridine rings is 1. The van der Waals surface area contributed by atoms with Crippen LogP contribution in [0.2, 0.25) is 0 Å². The van der Waals surface area contributed by atoms with Crippen LogP contribution in [0.5, 0.6) is 0 Å². The molecule has 0 aromatic carbocycles. The molecule has 2 rings (SSSR count). The number of carbonyl (C=O) groups is 2. The molecule has 1 saturated heterocycles. The molecule has 3 unspecified atom stereocenters. The van der Waals surface area contributed by atoms with Crippen LogP contribution in [-0.4, -0.2) is 52.3 Å². The predicted molar refractivity (Wildman–Crippen MR) is 95.1 cm³/mol. The van der Waals surface area contributed by atoms with Gasteiger partial charge in [0, 0.05) is 4.91 Å². The summed E-state index contributed by atoms with van der Waals surface area (Å²) in [6.07, 6.45) is -2.55. The Hall–Kier alpha value is -2.39. The van der Waals surface area contributed by atoms with Gasteiger partial charge in [0.2, 0.25) is 5.91 Å². The van der Waals surface area contributed by atoms with Gasteiger partial charge in [-0.1, -0.05) is 11.2 Å². The summed E-state index contributed by atoms with van der Waals surface area (Å²) in [4.78, 5) is 32.6. The van der Waals surface area contributed by atoms with E-state index in [9.17, 15) is 14.0 Å². The number of carbonyl (C=O) groups excluding carboxylic acids is 2. The molecule has 2 heterocycles. The fourth-order valence-corrected chi connectivity index (χ4v) is 2.81. The van der Waals surface area contributed by atoms with Gasteiger partial charge in [-0.2, -0.15) is 0 Å². The Balaban J connectivity index is 2.28. The highest BCUT2D eigenvalue weighted by atomic mass is 79.9. The summed E-state index contributed by atoms with van der Waals surface area (Å²) < 4.78 is 20.0. The van der Waals surface area contributed by atoms with Gasteiger partial charge in [-0.05, 0) is 54.4 Å². The van der Waals surface area contributed by atoms with Gasteiger partial charge in [-0.15, -0.1) is 0 Å². The van der Waals surface area contributed by atoms with Gasteiger partial charge < -0.3 is 10.1 Å². The predicted octanol–water partition coefficient (Wildman–Crippen LogP) is 3.42. The lowest BCUT2D eigenvalue weighted by atomic mass is 10.1. The van der Waals surface area contributed by atoms with Crippen LogP contribution in [0.1, 0.15) is 20.8 Å². The number of amides is 2. The van der Waals surface area contributed by atoms with Crippen LogP contribution >= 0.6 is 15.9 Å². The van der Waals surface area contributed by atoms with Crippen molar-refractivity contribution in [3.05, 3.63) is 33.2 Å². The van der Waals surface area contributed by atoms with Gasteiger partial charge in [-0.25, -0.2) is 14.2 Å². The molecule has 0 aliphatic carbocycles. The third-order valence-electron chi connectivity index (χ3n) is 3.45. The molecule has 1 aliphatic rings. The number of rotatable bonds is 3.